The Morgan fingerprint density at radius 2 is 2.25 bits per heavy atom. The van der Waals surface area contributed by atoms with Crippen LogP contribution in [0.3, 0.4) is 0 Å². The van der Waals surface area contributed by atoms with Crippen molar-refractivity contribution in [3.8, 4) is 0 Å². The number of hydrazine groups is 1. The minimum absolute atomic E-state index is 0.351. The van der Waals surface area contributed by atoms with Crippen LogP contribution in [0.2, 0.25) is 0 Å². The van der Waals surface area contributed by atoms with Crippen LogP contribution < -0.4 is 17.0 Å². The normalized spacial score (nSPS) is 10.1. The highest BCUT2D eigenvalue weighted by Gasteiger charge is 2.08. The highest BCUT2D eigenvalue weighted by atomic mass is 32.2. The van der Waals surface area contributed by atoms with Gasteiger partial charge in [0.1, 0.15) is 0 Å². The third-order valence-electron chi connectivity index (χ3n) is 2.17. The summed E-state index contributed by atoms with van der Waals surface area (Å²) in [5.74, 6) is 5.78. The summed E-state index contributed by atoms with van der Waals surface area (Å²) in [6.45, 7) is 2.15. The topological polar surface area (TPSA) is 81.1 Å². The van der Waals surface area contributed by atoms with Crippen LogP contribution in [0.25, 0.3) is 0 Å². The summed E-state index contributed by atoms with van der Waals surface area (Å²) in [6.07, 6.45) is 2.32. The number of rotatable bonds is 5. The second kappa shape index (κ2) is 6.40. The second-order valence-electron chi connectivity index (χ2n) is 3.42. The lowest BCUT2D eigenvalue weighted by Crippen LogP contribution is -2.30. The zero-order valence-corrected chi connectivity index (χ0v) is 10.1. The Bertz CT molecular complexity index is 368. The van der Waals surface area contributed by atoms with Crippen LogP contribution in [0.15, 0.2) is 23.1 Å². The molecule has 0 fully saturated rings. The van der Waals surface area contributed by atoms with E-state index in [1.807, 2.05) is 6.07 Å². The molecular weight excluding hydrogens is 222 g/mol. The van der Waals surface area contributed by atoms with Gasteiger partial charge in [0.25, 0.3) is 5.91 Å². The van der Waals surface area contributed by atoms with E-state index in [1.165, 1.54) is 0 Å². The van der Waals surface area contributed by atoms with Gasteiger partial charge >= 0.3 is 0 Å². The number of nitrogens with two attached hydrogens (primary N) is 2. The van der Waals surface area contributed by atoms with Crippen molar-refractivity contribution in [2.45, 2.75) is 24.7 Å². The molecule has 0 radical (unpaired) electrons. The van der Waals surface area contributed by atoms with Gasteiger partial charge < -0.3 is 5.73 Å². The summed E-state index contributed by atoms with van der Waals surface area (Å²) in [6, 6.07) is 5.43. The largest absolute Gasteiger partial charge is 0.398 e. The zero-order chi connectivity index (χ0) is 12.0. The Labute approximate surface area is 99.7 Å². The van der Waals surface area contributed by atoms with Crippen molar-refractivity contribution in [1.29, 1.82) is 0 Å². The van der Waals surface area contributed by atoms with Crippen molar-refractivity contribution in [3.63, 3.8) is 0 Å². The van der Waals surface area contributed by atoms with Gasteiger partial charge in [-0.15, -0.1) is 11.8 Å². The molecule has 0 aliphatic rings. The summed E-state index contributed by atoms with van der Waals surface area (Å²) < 4.78 is 0. The van der Waals surface area contributed by atoms with Crippen molar-refractivity contribution in [2.24, 2.45) is 5.84 Å². The molecule has 16 heavy (non-hydrogen) atoms. The minimum atomic E-state index is -0.351. The molecule has 1 aromatic rings. The quantitative estimate of drug-likeness (QED) is 0.183. The van der Waals surface area contributed by atoms with E-state index in [9.17, 15) is 4.79 Å². The van der Waals surface area contributed by atoms with Crippen LogP contribution in [-0.4, -0.2) is 11.7 Å². The standard InChI is InChI=1S/C11H17N3OS/c1-2-3-6-16-8-4-5-10(12)9(7-8)11(15)14-13/h4-5,7H,2-3,6,12-13H2,1H3,(H,14,15). The van der Waals surface area contributed by atoms with Gasteiger partial charge in [-0.3, -0.25) is 10.2 Å². The maximum atomic E-state index is 11.4. The molecule has 0 bridgehead atoms. The Balaban J connectivity index is 2.77. The van der Waals surface area contributed by atoms with E-state index in [0.29, 0.717) is 11.3 Å². The van der Waals surface area contributed by atoms with Crippen LogP contribution >= 0.6 is 11.8 Å². The SMILES string of the molecule is CCCCSc1ccc(N)c(C(=O)NN)c1. The summed E-state index contributed by atoms with van der Waals surface area (Å²) in [5.41, 5.74) is 8.66. The molecule has 0 unspecified atom stereocenters. The molecule has 1 amide bonds. The van der Waals surface area contributed by atoms with Crippen molar-refractivity contribution in [2.75, 3.05) is 11.5 Å². The van der Waals surface area contributed by atoms with Gasteiger partial charge in [0.05, 0.1) is 5.56 Å². The Kier molecular flexibility index (Phi) is 5.14. The predicted octanol–water partition coefficient (Wildman–Crippen LogP) is 1.76. The molecule has 0 aliphatic carbocycles. The zero-order valence-electron chi connectivity index (χ0n) is 9.32. The Morgan fingerprint density at radius 1 is 1.50 bits per heavy atom. The molecular formula is C11H17N3OS. The third-order valence-corrected chi connectivity index (χ3v) is 3.25. The fourth-order valence-corrected chi connectivity index (χ4v) is 2.27. The van der Waals surface area contributed by atoms with E-state index in [-0.39, 0.29) is 5.91 Å². The Hall–Kier alpha value is -1.20. The molecule has 0 heterocycles. The van der Waals surface area contributed by atoms with Gasteiger partial charge in [-0.2, -0.15) is 0 Å². The first-order valence-corrected chi connectivity index (χ1v) is 6.21. The van der Waals surface area contributed by atoms with Gasteiger partial charge in [0.15, 0.2) is 0 Å². The smallest absolute Gasteiger partial charge is 0.267 e. The van der Waals surface area contributed by atoms with Gasteiger partial charge in [-0.1, -0.05) is 13.3 Å². The number of nitrogens with one attached hydrogen (secondary N) is 1. The van der Waals surface area contributed by atoms with E-state index >= 15 is 0 Å². The first kappa shape index (κ1) is 12.9. The fourth-order valence-electron chi connectivity index (χ4n) is 1.23. The molecule has 0 aliphatic heterocycles. The molecule has 5 N–H and O–H groups in total. The van der Waals surface area contributed by atoms with E-state index in [1.54, 1.807) is 23.9 Å². The lowest BCUT2D eigenvalue weighted by atomic mass is 10.2. The average Bonchev–Trinajstić information content (AvgIpc) is 2.30. The number of hydrogen-bond donors (Lipinski definition) is 3. The first-order valence-electron chi connectivity index (χ1n) is 5.22. The highest BCUT2D eigenvalue weighted by Crippen LogP contribution is 2.23. The maximum Gasteiger partial charge on any atom is 0.267 e. The molecule has 0 atom stereocenters. The molecule has 0 saturated heterocycles. The molecule has 0 spiro atoms. The van der Waals surface area contributed by atoms with Crippen LogP contribution in [-0.2, 0) is 0 Å². The van der Waals surface area contributed by atoms with Gasteiger partial charge in [-0.05, 0) is 30.4 Å². The van der Waals surface area contributed by atoms with Crippen molar-refractivity contribution < 1.29 is 4.79 Å². The van der Waals surface area contributed by atoms with E-state index in [4.69, 9.17) is 11.6 Å². The lowest BCUT2D eigenvalue weighted by molar-refractivity contribution is 0.0954. The molecule has 5 heteroatoms. The van der Waals surface area contributed by atoms with Crippen LogP contribution in [0.5, 0.6) is 0 Å². The number of unbranched alkanes of at least 4 members (excludes halogenated alkanes) is 1. The number of benzene rings is 1. The molecule has 0 aromatic heterocycles. The predicted molar refractivity (Wildman–Crippen MR) is 68.1 cm³/mol. The molecule has 0 saturated carbocycles. The van der Waals surface area contributed by atoms with E-state index < -0.39 is 0 Å². The molecule has 1 rings (SSSR count). The molecule has 1 aromatic carbocycles. The fraction of sp³-hybridized carbons (Fsp3) is 0.364. The summed E-state index contributed by atoms with van der Waals surface area (Å²) in [7, 11) is 0. The monoisotopic (exact) mass is 239 g/mol. The van der Waals surface area contributed by atoms with Crippen molar-refractivity contribution in [3.05, 3.63) is 23.8 Å². The molecule has 88 valence electrons. The first-order chi connectivity index (χ1) is 7.69. The summed E-state index contributed by atoms with van der Waals surface area (Å²) >= 11 is 1.72. The summed E-state index contributed by atoms with van der Waals surface area (Å²) in [5, 5.41) is 0. The lowest BCUT2D eigenvalue weighted by Gasteiger charge is -2.07. The number of carbonyl (C=O) groups is 1. The number of hydrogen-bond acceptors (Lipinski definition) is 4. The number of anilines is 1. The van der Waals surface area contributed by atoms with Crippen molar-refractivity contribution >= 4 is 23.4 Å². The Morgan fingerprint density at radius 3 is 2.88 bits per heavy atom. The molecule has 4 nitrogen and oxygen atoms in total. The third kappa shape index (κ3) is 3.43. The van der Waals surface area contributed by atoms with Crippen LogP contribution in [0.4, 0.5) is 5.69 Å². The summed E-state index contributed by atoms with van der Waals surface area (Å²) in [4.78, 5) is 12.4. The van der Waals surface area contributed by atoms with Crippen LogP contribution in [0, 0.1) is 0 Å². The number of thioether (sulfide) groups is 1. The maximum absolute atomic E-state index is 11.4. The van der Waals surface area contributed by atoms with Gasteiger partial charge in [0.2, 0.25) is 0 Å². The average molecular weight is 239 g/mol. The second-order valence-corrected chi connectivity index (χ2v) is 4.59. The van der Waals surface area contributed by atoms with Crippen LogP contribution in [0.1, 0.15) is 30.1 Å². The van der Waals surface area contributed by atoms with Crippen molar-refractivity contribution in [1.82, 2.24) is 5.43 Å². The minimum Gasteiger partial charge on any atom is -0.398 e. The number of amides is 1. The highest BCUT2D eigenvalue weighted by molar-refractivity contribution is 7.99. The van der Waals surface area contributed by atoms with E-state index in [2.05, 4.69) is 12.3 Å². The van der Waals surface area contributed by atoms with Gasteiger partial charge in [0, 0.05) is 10.6 Å². The number of nitrogen functional groups attached to an aromatic ring is 2. The van der Waals surface area contributed by atoms with E-state index in [0.717, 1.165) is 23.5 Å². The number of carbonyl (C=O) groups excluding carboxylic acids is 1. The van der Waals surface area contributed by atoms with Gasteiger partial charge in [-0.25, -0.2) is 5.84 Å².